The molecule has 0 saturated heterocycles. The monoisotopic (exact) mass is 239 g/mol. The van der Waals surface area contributed by atoms with Crippen LogP contribution in [0.5, 0.6) is 0 Å². The highest BCUT2D eigenvalue weighted by Gasteiger charge is 2.03. The van der Waals surface area contributed by atoms with E-state index in [1.807, 2.05) is 18.2 Å². The van der Waals surface area contributed by atoms with Gasteiger partial charge in [0.25, 0.3) is 0 Å². The Morgan fingerprint density at radius 2 is 2.06 bits per heavy atom. The van der Waals surface area contributed by atoms with Gasteiger partial charge in [-0.3, -0.25) is 0 Å². The molecule has 1 nitrogen and oxygen atoms in total. The molecule has 0 radical (unpaired) electrons. The Bertz CT molecular complexity index is 299. The molecule has 0 aromatic heterocycles. The Kier molecular flexibility index (Phi) is 6.51. The zero-order chi connectivity index (χ0) is 11.8. The predicted molar refractivity (Wildman–Crippen MR) is 72.0 cm³/mol. The lowest BCUT2D eigenvalue weighted by atomic mass is 10.1. The van der Waals surface area contributed by atoms with Gasteiger partial charge >= 0.3 is 0 Å². The van der Waals surface area contributed by atoms with Gasteiger partial charge in [0, 0.05) is 11.1 Å². The summed E-state index contributed by atoms with van der Waals surface area (Å²) in [7, 11) is 0. The molecule has 1 aromatic rings. The van der Waals surface area contributed by atoms with E-state index in [0.717, 1.165) is 11.6 Å². The molecule has 0 aliphatic carbocycles. The van der Waals surface area contributed by atoms with Gasteiger partial charge < -0.3 is 5.32 Å². The van der Waals surface area contributed by atoms with Gasteiger partial charge in [-0.2, -0.15) is 0 Å². The molecule has 1 atom stereocenters. The maximum absolute atomic E-state index is 5.96. The Morgan fingerprint density at radius 1 is 1.25 bits per heavy atom. The molecule has 0 unspecified atom stereocenters. The quantitative estimate of drug-likeness (QED) is 0.688. The summed E-state index contributed by atoms with van der Waals surface area (Å²) < 4.78 is 0. The van der Waals surface area contributed by atoms with Gasteiger partial charge in [-0.15, -0.1) is 0 Å². The first kappa shape index (κ1) is 13.5. The van der Waals surface area contributed by atoms with E-state index in [4.69, 9.17) is 11.6 Å². The van der Waals surface area contributed by atoms with Crippen LogP contribution >= 0.6 is 11.6 Å². The highest BCUT2D eigenvalue weighted by Crippen LogP contribution is 2.17. The van der Waals surface area contributed by atoms with Crippen molar-refractivity contribution in [2.45, 2.75) is 45.6 Å². The minimum absolute atomic E-state index is 0.389. The van der Waals surface area contributed by atoms with Gasteiger partial charge in [-0.1, -0.05) is 49.9 Å². The second-order valence-electron chi connectivity index (χ2n) is 4.29. The van der Waals surface area contributed by atoms with Crippen LogP contribution in [0.2, 0.25) is 5.02 Å². The molecule has 0 aliphatic rings. The van der Waals surface area contributed by atoms with Crippen molar-refractivity contribution in [3.8, 4) is 0 Å². The number of hydrogen-bond acceptors (Lipinski definition) is 1. The molecule has 1 N–H and O–H groups in total. The van der Waals surface area contributed by atoms with Crippen molar-refractivity contribution in [1.82, 2.24) is 5.32 Å². The van der Waals surface area contributed by atoms with E-state index >= 15 is 0 Å². The van der Waals surface area contributed by atoms with Gasteiger partial charge in [-0.25, -0.2) is 0 Å². The normalized spacial score (nSPS) is 12.7. The lowest BCUT2D eigenvalue weighted by Crippen LogP contribution is -2.19. The van der Waals surface area contributed by atoms with Crippen LogP contribution < -0.4 is 5.32 Å². The van der Waals surface area contributed by atoms with Crippen LogP contribution in [0.15, 0.2) is 24.3 Å². The van der Waals surface area contributed by atoms with E-state index in [0.29, 0.717) is 6.04 Å². The zero-order valence-corrected chi connectivity index (χ0v) is 11.1. The average molecular weight is 240 g/mol. The van der Waals surface area contributed by atoms with E-state index in [2.05, 4.69) is 25.2 Å². The average Bonchev–Trinajstić information content (AvgIpc) is 2.28. The van der Waals surface area contributed by atoms with Crippen LogP contribution in [0.3, 0.4) is 0 Å². The van der Waals surface area contributed by atoms with Crippen molar-refractivity contribution < 1.29 is 0 Å². The van der Waals surface area contributed by atoms with Crippen molar-refractivity contribution in [2.24, 2.45) is 0 Å². The fourth-order valence-corrected chi connectivity index (χ4v) is 1.96. The number of rotatable bonds is 7. The smallest absolute Gasteiger partial charge is 0.0409 e. The minimum Gasteiger partial charge on any atom is -0.310 e. The van der Waals surface area contributed by atoms with E-state index < -0.39 is 0 Å². The molecule has 0 amide bonds. The first-order chi connectivity index (χ1) is 7.74. The molecule has 1 aromatic carbocycles. The molecule has 0 bridgehead atoms. The first-order valence-corrected chi connectivity index (χ1v) is 6.60. The molecule has 16 heavy (non-hydrogen) atoms. The maximum Gasteiger partial charge on any atom is 0.0409 e. The highest BCUT2D eigenvalue weighted by molar-refractivity contribution is 6.30. The standard InChI is InChI=1S/C14H22ClN/c1-3-4-5-6-10-16-12(2)13-8-7-9-14(15)11-13/h7-9,11-12,16H,3-6,10H2,1-2H3/t12-/m1/s1. The van der Waals surface area contributed by atoms with Gasteiger partial charge in [0.1, 0.15) is 0 Å². The topological polar surface area (TPSA) is 12.0 Å². The molecule has 2 heteroatoms. The highest BCUT2D eigenvalue weighted by atomic mass is 35.5. The van der Waals surface area contributed by atoms with Crippen molar-refractivity contribution in [3.05, 3.63) is 34.9 Å². The van der Waals surface area contributed by atoms with Gasteiger partial charge in [0.05, 0.1) is 0 Å². The minimum atomic E-state index is 0.389. The third-order valence-electron chi connectivity index (χ3n) is 2.83. The molecule has 0 fully saturated rings. The van der Waals surface area contributed by atoms with Crippen LogP contribution in [-0.2, 0) is 0 Å². The summed E-state index contributed by atoms with van der Waals surface area (Å²) in [4.78, 5) is 0. The molecule has 90 valence electrons. The molecular weight excluding hydrogens is 218 g/mol. The second-order valence-corrected chi connectivity index (χ2v) is 4.73. The number of unbranched alkanes of at least 4 members (excludes halogenated alkanes) is 3. The van der Waals surface area contributed by atoms with Gasteiger partial charge in [0.15, 0.2) is 0 Å². The lowest BCUT2D eigenvalue weighted by Gasteiger charge is -2.14. The fourth-order valence-electron chi connectivity index (χ4n) is 1.76. The van der Waals surface area contributed by atoms with E-state index in [1.165, 1.54) is 31.2 Å². The predicted octanol–water partition coefficient (Wildman–Crippen LogP) is 4.57. The van der Waals surface area contributed by atoms with Crippen LogP contribution in [-0.4, -0.2) is 6.54 Å². The summed E-state index contributed by atoms with van der Waals surface area (Å²) >= 11 is 5.96. The third kappa shape index (κ3) is 5.00. The zero-order valence-electron chi connectivity index (χ0n) is 10.3. The molecule has 0 spiro atoms. The van der Waals surface area contributed by atoms with Crippen LogP contribution in [0.25, 0.3) is 0 Å². The van der Waals surface area contributed by atoms with Gasteiger partial charge in [0.2, 0.25) is 0 Å². The number of benzene rings is 1. The first-order valence-electron chi connectivity index (χ1n) is 6.23. The summed E-state index contributed by atoms with van der Waals surface area (Å²) in [6, 6.07) is 8.47. The Labute approximate surface area is 104 Å². The van der Waals surface area contributed by atoms with Crippen molar-refractivity contribution in [1.29, 1.82) is 0 Å². The molecule has 1 rings (SSSR count). The summed E-state index contributed by atoms with van der Waals surface area (Å²) in [5.41, 5.74) is 1.27. The molecule has 0 heterocycles. The summed E-state index contributed by atoms with van der Waals surface area (Å²) in [5, 5.41) is 4.34. The maximum atomic E-state index is 5.96. The summed E-state index contributed by atoms with van der Waals surface area (Å²) in [6.07, 6.45) is 5.22. The Hall–Kier alpha value is -0.530. The summed E-state index contributed by atoms with van der Waals surface area (Å²) in [5.74, 6) is 0. The number of nitrogens with one attached hydrogen (secondary N) is 1. The second kappa shape index (κ2) is 7.70. The SMILES string of the molecule is CCCCCCN[C@H](C)c1cccc(Cl)c1. The largest absolute Gasteiger partial charge is 0.310 e. The third-order valence-corrected chi connectivity index (χ3v) is 3.06. The Balaban J connectivity index is 2.27. The molecule has 0 aliphatic heterocycles. The van der Waals surface area contributed by atoms with Crippen LogP contribution in [0, 0.1) is 0 Å². The van der Waals surface area contributed by atoms with E-state index in [-0.39, 0.29) is 0 Å². The van der Waals surface area contributed by atoms with Crippen molar-refractivity contribution in [3.63, 3.8) is 0 Å². The fraction of sp³-hybridized carbons (Fsp3) is 0.571. The molecular formula is C14H22ClN. The number of halogens is 1. The van der Waals surface area contributed by atoms with Crippen LogP contribution in [0.1, 0.15) is 51.1 Å². The van der Waals surface area contributed by atoms with Crippen LogP contribution in [0.4, 0.5) is 0 Å². The number of hydrogen-bond donors (Lipinski definition) is 1. The summed E-state index contributed by atoms with van der Waals surface area (Å²) in [6.45, 7) is 5.52. The molecule has 0 saturated carbocycles. The van der Waals surface area contributed by atoms with Gasteiger partial charge in [-0.05, 0) is 37.6 Å². The lowest BCUT2D eigenvalue weighted by molar-refractivity contribution is 0.536. The Morgan fingerprint density at radius 3 is 2.75 bits per heavy atom. The van der Waals surface area contributed by atoms with E-state index in [9.17, 15) is 0 Å². The van der Waals surface area contributed by atoms with E-state index in [1.54, 1.807) is 0 Å². The van der Waals surface area contributed by atoms with Crippen molar-refractivity contribution >= 4 is 11.6 Å². The van der Waals surface area contributed by atoms with Crippen molar-refractivity contribution in [2.75, 3.05) is 6.54 Å².